The van der Waals surface area contributed by atoms with Crippen LogP contribution in [0.2, 0.25) is 0 Å². The van der Waals surface area contributed by atoms with Crippen LogP contribution in [0.15, 0.2) is 82.9 Å². The average molecular weight is 462 g/mol. The van der Waals surface area contributed by atoms with Gasteiger partial charge in [0.25, 0.3) is 0 Å². The number of sulfone groups is 1. The molecule has 0 spiro atoms. The van der Waals surface area contributed by atoms with Gasteiger partial charge in [0, 0.05) is 24.2 Å². The van der Waals surface area contributed by atoms with Gasteiger partial charge in [-0.2, -0.15) is 13.2 Å². The highest BCUT2D eigenvalue weighted by Crippen LogP contribution is 2.36. The SMILES string of the molecule is COc1ccc(C(F)(F)F)cc1S(=O)(=O)c1ccc(NC(=O)/C=C/c2cccnc2)cc1. The monoisotopic (exact) mass is 462 g/mol. The number of carbonyl (C=O) groups is 1. The highest BCUT2D eigenvalue weighted by Gasteiger charge is 2.33. The van der Waals surface area contributed by atoms with Crippen LogP contribution >= 0.6 is 0 Å². The summed E-state index contributed by atoms with van der Waals surface area (Å²) in [5.41, 5.74) is -0.0823. The summed E-state index contributed by atoms with van der Waals surface area (Å²) in [6, 6.07) is 10.8. The molecule has 0 saturated heterocycles. The quantitative estimate of drug-likeness (QED) is 0.542. The van der Waals surface area contributed by atoms with Crippen LogP contribution in [0.25, 0.3) is 6.08 Å². The van der Waals surface area contributed by atoms with Crippen molar-refractivity contribution in [1.29, 1.82) is 0 Å². The van der Waals surface area contributed by atoms with Gasteiger partial charge in [-0.25, -0.2) is 8.42 Å². The molecule has 0 aliphatic carbocycles. The summed E-state index contributed by atoms with van der Waals surface area (Å²) in [6.07, 6.45) is 1.30. The van der Waals surface area contributed by atoms with E-state index in [4.69, 9.17) is 4.74 Å². The van der Waals surface area contributed by atoms with E-state index in [2.05, 4.69) is 10.3 Å². The van der Waals surface area contributed by atoms with Gasteiger partial charge in [-0.15, -0.1) is 0 Å². The van der Waals surface area contributed by atoms with E-state index in [9.17, 15) is 26.4 Å². The van der Waals surface area contributed by atoms with Crippen molar-refractivity contribution in [3.63, 3.8) is 0 Å². The number of amides is 1. The number of benzene rings is 2. The topological polar surface area (TPSA) is 85.4 Å². The minimum atomic E-state index is -4.71. The van der Waals surface area contributed by atoms with E-state index < -0.39 is 32.4 Å². The number of ether oxygens (including phenoxy) is 1. The Kier molecular flexibility index (Phi) is 6.64. The molecule has 166 valence electrons. The van der Waals surface area contributed by atoms with Gasteiger partial charge in [-0.1, -0.05) is 6.07 Å². The number of hydrogen-bond acceptors (Lipinski definition) is 5. The fraction of sp³-hybridized carbons (Fsp3) is 0.0909. The van der Waals surface area contributed by atoms with E-state index in [1.54, 1.807) is 30.6 Å². The highest BCUT2D eigenvalue weighted by atomic mass is 32.2. The van der Waals surface area contributed by atoms with Crippen LogP contribution in [0.4, 0.5) is 18.9 Å². The Morgan fingerprint density at radius 3 is 2.41 bits per heavy atom. The molecule has 1 heterocycles. The molecule has 0 atom stereocenters. The molecule has 0 aliphatic rings. The first-order chi connectivity index (χ1) is 15.1. The van der Waals surface area contributed by atoms with Crippen LogP contribution in [0.1, 0.15) is 11.1 Å². The van der Waals surface area contributed by atoms with E-state index in [-0.39, 0.29) is 10.6 Å². The lowest BCUT2D eigenvalue weighted by Gasteiger charge is -2.13. The molecule has 1 amide bonds. The number of hydrogen-bond donors (Lipinski definition) is 1. The van der Waals surface area contributed by atoms with Crippen molar-refractivity contribution in [2.45, 2.75) is 16.0 Å². The minimum Gasteiger partial charge on any atom is -0.495 e. The van der Waals surface area contributed by atoms with Crippen molar-refractivity contribution in [3.05, 3.63) is 84.2 Å². The fourth-order valence-corrected chi connectivity index (χ4v) is 4.18. The number of nitrogens with zero attached hydrogens (tertiary/aromatic N) is 1. The lowest BCUT2D eigenvalue weighted by atomic mass is 10.2. The molecule has 0 fully saturated rings. The molecule has 1 N–H and O–H groups in total. The Labute approximate surface area is 182 Å². The Balaban J connectivity index is 1.82. The van der Waals surface area contributed by atoms with E-state index in [0.29, 0.717) is 11.8 Å². The zero-order chi connectivity index (χ0) is 23.4. The van der Waals surface area contributed by atoms with E-state index in [0.717, 1.165) is 17.7 Å². The molecule has 3 aromatic rings. The Hall–Kier alpha value is -3.66. The largest absolute Gasteiger partial charge is 0.495 e. The summed E-state index contributed by atoms with van der Waals surface area (Å²) >= 11 is 0. The van der Waals surface area contributed by atoms with Crippen molar-refractivity contribution in [2.24, 2.45) is 0 Å². The molecule has 0 aliphatic heterocycles. The van der Waals surface area contributed by atoms with Gasteiger partial charge in [0.2, 0.25) is 15.7 Å². The molecule has 2 aromatic carbocycles. The third-order valence-corrected chi connectivity index (χ3v) is 6.12. The molecule has 0 radical (unpaired) electrons. The number of halogens is 3. The summed E-state index contributed by atoms with van der Waals surface area (Å²) in [5.74, 6) is -0.667. The number of alkyl halides is 3. The van der Waals surface area contributed by atoms with Crippen LogP contribution in [-0.2, 0) is 20.8 Å². The van der Waals surface area contributed by atoms with Crippen molar-refractivity contribution in [1.82, 2.24) is 4.98 Å². The maximum atomic E-state index is 13.1. The van der Waals surface area contributed by atoms with E-state index in [1.807, 2.05) is 0 Å². The number of rotatable bonds is 6. The maximum Gasteiger partial charge on any atom is 0.416 e. The van der Waals surface area contributed by atoms with Gasteiger partial charge in [0.15, 0.2) is 0 Å². The predicted octanol–water partition coefficient (Wildman–Crippen LogP) is 4.59. The van der Waals surface area contributed by atoms with Crippen LogP contribution in [0.3, 0.4) is 0 Å². The first-order valence-corrected chi connectivity index (χ1v) is 10.6. The van der Waals surface area contributed by atoms with Gasteiger partial charge >= 0.3 is 6.18 Å². The molecule has 10 heteroatoms. The van der Waals surface area contributed by atoms with Crippen molar-refractivity contribution < 1.29 is 31.1 Å². The molecule has 0 unspecified atom stereocenters. The lowest BCUT2D eigenvalue weighted by molar-refractivity contribution is -0.137. The fourth-order valence-electron chi connectivity index (χ4n) is 2.74. The number of aromatic nitrogens is 1. The van der Waals surface area contributed by atoms with E-state index >= 15 is 0 Å². The molecular formula is C22H17F3N2O4S. The van der Waals surface area contributed by atoms with Crippen molar-refractivity contribution >= 4 is 27.5 Å². The summed E-state index contributed by atoms with van der Waals surface area (Å²) in [5, 5.41) is 2.57. The van der Waals surface area contributed by atoms with Crippen LogP contribution in [0, 0.1) is 0 Å². The zero-order valence-electron chi connectivity index (χ0n) is 16.6. The number of nitrogens with one attached hydrogen (secondary N) is 1. The Bertz CT molecular complexity index is 1240. The predicted molar refractivity (Wildman–Crippen MR) is 112 cm³/mol. The summed E-state index contributed by atoms with van der Waals surface area (Å²) in [4.78, 5) is 15.1. The van der Waals surface area contributed by atoms with Gasteiger partial charge in [0.1, 0.15) is 10.6 Å². The number of methoxy groups -OCH3 is 1. The van der Waals surface area contributed by atoms with Gasteiger partial charge in [-0.3, -0.25) is 9.78 Å². The molecule has 3 rings (SSSR count). The average Bonchev–Trinajstić information content (AvgIpc) is 2.77. The summed E-state index contributed by atoms with van der Waals surface area (Å²) in [7, 11) is -3.15. The number of carbonyl (C=O) groups excluding carboxylic acids is 1. The first-order valence-electron chi connectivity index (χ1n) is 9.11. The molecular weight excluding hydrogens is 445 g/mol. The van der Waals surface area contributed by atoms with Crippen molar-refractivity contribution in [3.8, 4) is 5.75 Å². The lowest BCUT2D eigenvalue weighted by Crippen LogP contribution is -2.10. The molecule has 6 nitrogen and oxygen atoms in total. The molecule has 1 aromatic heterocycles. The first kappa shape index (κ1) is 23.0. The van der Waals surface area contributed by atoms with Crippen molar-refractivity contribution in [2.75, 3.05) is 12.4 Å². The van der Waals surface area contributed by atoms with Gasteiger partial charge in [-0.05, 0) is 60.2 Å². The number of pyridine rings is 1. The van der Waals surface area contributed by atoms with Crippen LogP contribution in [0.5, 0.6) is 5.75 Å². The summed E-state index contributed by atoms with van der Waals surface area (Å²) in [6.45, 7) is 0. The second kappa shape index (κ2) is 9.23. The minimum absolute atomic E-state index is 0.212. The van der Waals surface area contributed by atoms with Crippen LogP contribution < -0.4 is 10.1 Å². The summed E-state index contributed by atoms with van der Waals surface area (Å²) < 4.78 is 70.0. The third kappa shape index (κ3) is 5.33. The second-order valence-corrected chi connectivity index (χ2v) is 8.42. The van der Waals surface area contributed by atoms with Gasteiger partial charge in [0.05, 0.1) is 17.6 Å². The highest BCUT2D eigenvalue weighted by molar-refractivity contribution is 7.91. The number of anilines is 1. The molecule has 32 heavy (non-hydrogen) atoms. The third-order valence-electron chi connectivity index (χ3n) is 4.32. The Morgan fingerprint density at radius 1 is 1.09 bits per heavy atom. The standard InChI is InChI=1S/C22H17F3N2O4S/c1-31-19-10-5-16(22(23,24)25)13-20(19)32(29,30)18-8-6-17(7-9-18)27-21(28)11-4-15-3-2-12-26-14-15/h2-14H,1H3,(H,27,28)/b11-4+. The second-order valence-electron chi connectivity index (χ2n) is 6.50. The normalized spacial score (nSPS) is 12.0. The smallest absolute Gasteiger partial charge is 0.416 e. The zero-order valence-corrected chi connectivity index (χ0v) is 17.4. The molecule has 0 bridgehead atoms. The Morgan fingerprint density at radius 2 is 1.81 bits per heavy atom. The van der Waals surface area contributed by atoms with Crippen LogP contribution in [-0.4, -0.2) is 26.4 Å². The molecule has 0 saturated carbocycles. The maximum absolute atomic E-state index is 13.1. The van der Waals surface area contributed by atoms with Gasteiger partial charge < -0.3 is 10.1 Å². The van der Waals surface area contributed by atoms with E-state index in [1.165, 1.54) is 37.5 Å².